The molecule has 0 aliphatic carbocycles. The molecule has 0 saturated carbocycles. The minimum Gasteiger partial charge on any atom is -0.301 e. The van der Waals surface area contributed by atoms with Crippen molar-refractivity contribution in [1.29, 1.82) is 0 Å². The molecule has 1 unspecified atom stereocenters. The Hall–Kier alpha value is -0.310. The van der Waals surface area contributed by atoms with Gasteiger partial charge in [-0.3, -0.25) is 4.90 Å². The molecular formula is C19H28ClN3O2S2. The molecule has 0 amide bonds. The smallest absolute Gasteiger partial charge is 0.240 e. The average Bonchev–Trinajstić information content (AvgIpc) is 2.68. The Labute approximate surface area is 171 Å². The number of halogens is 1. The zero-order valence-corrected chi connectivity index (χ0v) is 17.9. The van der Waals surface area contributed by atoms with Crippen LogP contribution in [0.15, 0.2) is 29.2 Å². The molecule has 4 aliphatic rings. The fraction of sp³-hybridized carbons (Fsp3) is 0.684. The highest BCUT2D eigenvalue weighted by atomic mass is 35.5. The summed E-state index contributed by atoms with van der Waals surface area (Å²) in [4.78, 5) is 5.42. The van der Waals surface area contributed by atoms with Crippen LogP contribution in [-0.2, 0) is 10.0 Å². The summed E-state index contributed by atoms with van der Waals surface area (Å²) >= 11 is 7.92. The third-order valence-electron chi connectivity index (χ3n) is 6.24. The Morgan fingerprint density at radius 1 is 1.15 bits per heavy atom. The van der Waals surface area contributed by atoms with E-state index in [1.165, 1.54) is 37.6 Å². The number of rotatable bonds is 6. The second-order valence-electron chi connectivity index (χ2n) is 7.91. The van der Waals surface area contributed by atoms with Crippen LogP contribution in [0.3, 0.4) is 0 Å². The second-order valence-corrected chi connectivity index (χ2v) is 11.3. The van der Waals surface area contributed by atoms with Crippen molar-refractivity contribution in [3.05, 3.63) is 29.3 Å². The van der Waals surface area contributed by atoms with E-state index in [0.717, 1.165) is 31.3 Å². The summed E-state index contributed by atoms with van der Waals surface area (Å²) in [5, 5.41) is 0.544. The van der Waals surface area contributed by atoms with Crippen LogP contribution in [0.5, 0.6) is 0 Å². The lowest BCUT2D eigenvalue weighted by Gasteiger charge is -2.51. The van der Waals surface area contributed by atoms with Crippen LogP contribution in [0, 0.1) is 11.8 Å². The minimum absolute atomic E-state index is 0.281. The lowest BCUT2D eigenvalue weighted by atomic mass is 9.75. The Morgan fingerprint density at radius 2 is 1.89 bits per heavy atom. The predicted molar refractivity (Wildman–Crippen MR) is 112 cm³/mol. The van der Waals surface area contributed by atoms with Gasteiger partial charge in [-0.2, -0.15) is 11.8 Å². The Bertz CT molecular complexity index is 738. The molecule has 5 rings (SSSR count). The number of thioether (sulfide) groups is 1. The van der Waals surface area contributed by atoms with E-state index >= 15 is 0 Å². The van der Waals surface area contributed by atoms with E-state index in [1.54, 1.807) is 24.3 Å². The number of hydrogen-bond donors (Lipinski definition) is 1. The van der Waals surface area contributed by atoms with Crippen LogP contribution in [0.2, 0.25) is 5.02 Å². The van der Waals surface area contributed by atoms with E-state index in [1.807, 2.05) is 0 Å². The van der Waals surface area contributed by atoms with Crippen LogP contribution in [0.25, 0.3) is 0 Å². The van der Waals surface area contributed by atoms with Gasteiger partial charge in [0.25, 0.3) is 0 Å². The van der Waals surface area contributed by atoms with E-state index in [9.17, 15) is 8.42 Å². The monoisotopic (exact) mass is 429 g/mol. The summed E-state index contributed by atoms with van der Waals surface area (Å²) in [6.45, 7) is 6.36. The summed E-state index contributed by atoms with van der Waals surface area (Å²) < 4.78 is 27.9. The van der Waals surface area contributed by atoms with Crippen LogP contribution >= 0.6 is 23.4 Å². The summed E-state index contributed by atoms with van der Waals surface area (Å²) in [7, 11) is -3.48. The SMILES string of the molecule is O=S(=O)(NC[C@@H]1C[C@H]2CCN1C[C@@H]2CN1CCSCC1)c1ccc(Cl)cc1. The maximum absolute atomic E-state index is 12.5. The summed E-state index contributed by atoms with van der Waals surface area (Å²) in [6.07, 6.45) is 2.37. The molecular weight excluding hydrogens is 402 g/mol. The van der Waals surface area contributed by atoms with Crippen molar-refractivity contribution in [3.8, 4) is 0 Å². The number of benzene rings is 1. The van der Waals surface area contributed by atoms with Gasteiger partial charge in [0.1, 0.15) is 0 Å². The normalized spacial score (nSPS) is 31.9. The molecule has 4 atom stereocenters. The first-order chi connectivity index (χ1) is 13.0. The standard InChI is InChI=1S/C19H28ClN3O2S2/c20-17-1-3-19(4-2-17)27(24,25)21-12-18-11-15-5-6-23(18)14-16(15)13-22-7-9-26-10-8-22/h1-4,15-16,18,21H,5-14H2/t15-,16+,18+/m1/s1. The molecule has 5 nitrogen and oxygen atoms in total. The third kappa shape index (κ3) is 4.82. The number of nitrogens with one attached hydrogen (secondary N) is 1. The maximum atomic E-state index is 12.5. The van der Waals surface area contributed by atoms with Crippen molar-refractivity contribution in [2.45, 2.75) is 23.8 Å². The average molecular weight is 430 g/mol. The molecule has 27 heavy (non-hydrogen) atoms. The van der Waals surface area contributed by atoms with E-state index in [4.69, 9.17) is 11.6 Å². The molecule has 4 fully saturated rings. The van der Waals surface area contributed by atoms with Crippen molar-refractivity contribution in [2.24, 2.45) is 11.8 Å². The van der Waals surface area contributed by atoms with E-state index in [-0.39, 0.29) is 4.90 Å². The second kappa shape index (κ2) is 8.59. The van der Waals surface area contributed by atoms with E-state index in [0.29, 0.717) is 17.6 Å². The molecule has 1 aromatic rings. The van der Waals surface area contributed by atoms with Gasteiger partial charge in [0.2, 0.25) is 10.0 Å². The van der Waals surface area contributed by atoms with Crippen LogP contribution in [0.1, 0.15) is 12.8 Å². The van der Waals surface area contributed by atoms with Crippen molar-refractivity contribution >= 4 is 33.4 Å². The number of nitrogens with zero attached hydrogens (tertiary/aromatic N) is 2. The first-order valence-corrected chi connectivity index (χ1v) is 12.8. The van der Waals surface area contributed by atoms with Gasteiger partial charge in [-0.05, 0) is 55.5 Å². The molecule has 0 aromatic heterocycles. The van der Waals surface area contributed by atoms with E-state index < -0.39 is 10.0 Å². The highest BCUT2D eigenvalue weighted by Crippen LogP contribution is 2.36. The molecule has 2 bridgehead atoms. The highest BCUT2D eigenvalue weighted by Gasteiger charge is 2.40. The van der Waals surface area contributed by atoms with Gasteiger partial charge in [-0.15, -0.1) is 0 Å². The fourth-order valence-electron chi connectivity index (χ4n) is 4.69. The highest BCUT2D eigenvalue weighted by molar-refractivity contribution is 7.99. The zero-order chi connectivity index (χ0) is 18.9. The molecule has 4 heterocycles. The number of fused-ring (bicyclic) bond motifs is 3. The lowest BCUT2D eigenvalue weighted by Crippen LogP contribution is -2.58. The molecule has 8 heteroatoms. The van der Waals surface area contributed by atoms with Crippen molar-refractivity contribution in [3.63, 3.8) is 0 Å². The first kappa shape index (κ1) is 20.0. The van der Waals surface area contributed by atoms with Gasteiger partial charge in [-0.25, -0.2) is 13.1 Å². The van der Waals surface area contributed by atoms with Gasteiger partial charge in [-0.1, -0.05) is 11.6 Å². The Balaban J connectivity index is 1.32. The van der Waals surface area contributed by atoms with Gasteiger partial charge in [0.05, 0.1) is 4.90 Å². The third-order valence-corrected chi connectivity index (χ3v) is 8.88. The first-order valence-electron chi connectivity index (χ1n) is 9.80. The topological polar surface area (TPSA) is 52.7 Å². The largest absolute Gasteiger partial charge is 0.301 e. The fourth-order valence-corrected chi connectivity index (χ4v) is 6.86. The quantitative estimate of drug-likeness (QED) is 0.752. The maximum Gasteiger partial charge on any atom is 0.240 e. The van der Waals surface area contributed by atoms with Gasteiger partial charge in [0.15, 0.2) is 0 Å². The predicted octanol–water partition coefficient (Wildman–Crippen LogP) is 2.38. The number of piperidine rings is 3. The molecule has 4 aliphatic heterocycles. The van der Waals surface area contributed by atoms with Crippen LogP contribution in [0.4, 0.5) is 0 Å². The minimum atomic E-state index is -3.48. The van der Waals surface area contributed by atoms with Gasteiger partial charge < -0.3 is 4.90 Å². The van der Waals surface area contributed by atoms with Gasteiger partial charge in [0, 0.05) is 55.3 Å². The summed E-state index contributed by atoms with van der Waals surface area (Å²) in [5.41, 5.74) is 0. The number of hydrogen-bond acceptors (Lipinski definition) is 5. The van der Waals surface area contributed by atoms with Crippen molar-refractivity contribution in [1.82, 2.24) is 14.5 Å². The van der Waals surface area contributed by atoms with Gasteiger partial charge >= 0.3 is 0 Å². The Morgan fingerprint density at radius 3 is 2.56 bits per heavy atom. The molecule has 1 N–H and O–H groups in total. The zero-order valence-electron chi connectivity index (χ0n) is 15.5. The van der Waals surface area contributed by atoms with Crippen molar-refractivity contribution in [2.75, 3.05) is 50.8 Å². The van der Waals surface area contributed by atoms with E-state index in [2.05, 4.69) is 26.3 Å². The molecule has 150 valence electrons. The van der Waals surface area contributed by atoms with Crippen LogP contribution < -0.4 is 4.72 Å². The Kier molecular flexibility index (Phi) is 6.36. The molecule has 1 aromatic carbocycles. The summed E-state index contributed by atoms with van der Waals surface area (Å²) in [6, 6.07) is 6.67. The van der Waals surface area contributed by atoms with Crippen LogP contribution in [-0.4, -0.2) is 75.0 Å². The molecule has 4 saturated heterocycles. The molecule has 0 spiro atoms. The lowest BCUT2D eigenvalue weighted by molar-refractivity contribution is -0.00914. The summed E-state index contributed by atoms with van der Waals surface area (Å²) in [5.74, 6) is 3.99. The number of sulfonamides is 1. The van der Waals surface area contributed by atoms with Crippen molar-refractivity contribution < 1.29 is 8.42 Å². The molecule has 0 radical (unpaired) electrons.